The molecule has 0 radical (unpaired) electrons. The number of Topliss-reactive ketones (excluding diaryl/α,β-unsaturated/α-hetero) is 1. The number of hydrogen-bond donors (Lipinski definition) is 0. The predicted molar refractivity (Wildman–Crippen MR) is 108 cm³/mol. The SMILES string of the molecule is O=C(COC(=O)c1cc(-c2ccc(F)cc2)nc2ccccc12)c1ccccc1. The molecule has 0 unspecified atom stereocenters. The van der Waals surface area contributed by atoms with Crippen LogP contribution < -0.4 is 0 Å². The number of nitrogens with zero attached hydrogens (tertiary/aromatic N) is 1. The van der Waals surface area contributed by atoms with Crippen molar-refractivity contribution in [3.8, 4) is 11.3 Å². The van der Waals surface area contributed by atoms with Crippen LogP contribution in [-0.2, 0) is 4.74 Å². The van der Waals surface area contributed by atoms with Gasteiger partial charge in [0.25, 0.3) is 0 Å². The van der Waals surface area contributed by atoms with Crippen molar-refractivity contribution >= 4 is 22.7 Å². The standard InChI is InChI=1S/C24H16FNO3/c25-18-12-10-16(11-13-18)22-14-20(19-8-4-5-9-21(19)26-22)24(28)29-15-23(27)17-6-2-1-3-7-17/h1-14H,15H2. The number of esters is 1. The van der Waals surface area contributed by atoms with E-state index in [1.807, 2.05) is 12.1 Å². The summed E-state index contributed by atoms with van der Waals surface area (Å²) in [5.41, 5.74) is 2.58. The molecule has 1 heterocycles. The van der Waals surface area contributed by atoms with Crippen LogP contribution in [0.15, 0.2) is 84.9 Å². The Morgan fingerprint density at radius 3 is 2.31 bits per heavy atom. The van der Waals surface area contributed by atoms with E-state index in [2.05, 4.69) is 4.98 Å². The third kappa shape index (κ3) is 4.04. The Hall–Kier alpha value is -3.86. The normalized spacial score (nSPS) is 10.7. The fraction of sp³-hybridized carbons (Fsp3) is 0.0417. The van der Waals surface area contributed by atoms with E-state index in [0.29, 0.717) is 33.3 Å². The topological polar surface area (TPSA) is 56.3 Å². The van der Waals surface area contributed by atoms with Crippen LogP contribution in [0.4, 0.5) is 4.39 Å². The van der Waals surface area contributed by atoms with Crippen LogP contribution in [0.2, 0.25) is 0 Å². The molecular formula is C24H16FNO3. The van der Waals surface area contributed by atoms with Gasteiger partial charge in [0.1, 0.15) is 5.82 Å². The van der Waals surface area contributed by atoms with Crippen molar-refractivity contribution in [1.82, 2.24) is 4.98 Å². The van der Waals surface area contributed by atoms with Crippen LogP contribution in [0.3, 0.4) is 0 Å². The number of carbonyl (C=O) groups excluding carboxylic acids is 2. The smallest absolute Gasteiger partial charge is 0.339 e. The third-order valence-corrected chi connectivity index (χ3v) is 4.51. The van der Waals surface area contributed by atoms with Gasteiger partial charge in [-0.3, -0.25) is 4.79 Å². The van der Waals surface area contributed by atoms with Gasteiger partial charge in [0.05, 0.1) is 16.8 Å². The van der Waals surface area contributed by atoms with Gasteiger partial charge in [0, 0.05) is 16.5 Å². The molecule has 0 aliphatic carbocycles. The molecule has 4 aromatic rings. The Morgan fingerprint density at radius 1 is 0.862 bits per heavy atom. The highest BCUT2D eigenvalue weighted by atomic mass is 19.1. The molecule has 1 aromatic heterocycles. The highest BCUT2D eigenvalue weighted by Crippen LogP contribution is 2.25. The molecule has 142 valence electrons. The van der Waals surface area contributed by atoms with E-state index in [1.165, 1.54) is 12.1 Å². The molecular weight excluding hydrogens is 369 g/mol. The minimum Gasteiger partial charge on any atom is -0.454 e. The van der Waals surface area contributed by atoms with Gasteiger partial charge in [-0.2, -0.15) is 0 Å². The van der Waals surface area contributed by atoms with Gasteiger partial charge >= 0.3 is 5.97 Å². The number of ether oxygens (including phenoxy) is 1. The summed E-state index contributed by atoms with van der Waals surface area (Å²) < 4.78 is 18.5. The molecule has 4 nitrogen and oxygen atoms in total. The number of aromatic nitrogens is 1. The lowest BCUT2D eigenvalue weighted by atomic mass is 10.0. The Morgan fingerprint density at radius 2 is 1.55 bits per heavy atom. The highest BCUT2D eigenvalue weighted by molar-refractivity contribution is 6.06. The molecule has 4 rings (SSSR count). The first-order valence-corrected chi connectivity index (χ1v) is 9.03. The van der Waals surface area contributed by atoms with Crippen molar-refractivity contribution in [2.45, 2.75) is 0 Å². The molecule has 0 aliphatic rings. The van der Waals surface area contributed by atoms with Crippen LogP contribution in [0, 0.1) is 5.82 Å². The van der Waals surface area contributed by atoms with Gasteiger partial charge in [-0.05, 0) is 36.4 Å². The van der Waals surface area contributed by atoms with E-state index < -0.39 is 5.97 Å². The van der Waals surface area contributed by atoms with Gasteiger partial charge in [0.15, 0.2) is 12.4 Å². The maximum Gasteiger partial charge on any atom is 0.339 e. The summed E-state index contributed by atoms with van der Waals surface area (Å²) in [6.07, 6.45) is 0. The average Bonchev–Trinajstić information content (AvgIpc) is 2.77. The molecule has 0 N–H and O–H groups in total. The quantitative estimate of drug-likeness (QED) is 0.355. The van der Waals surface area contributed by atoms with Gasteiger partial charge < -0.3 is 4.74 Å². The van der Waals surface area contributed by atoms with Crippen molar-refractivity contribution in [3.05, 3.63) is 102 Å². The summed E-state index contributed by atoms with van der Waals surface area (Å²) >= 11 is 0. The number of benzene rings is 3. The number of rotatable bonds is 5. The zero-order valence-corrected chi connectivity index (χ0v) is 15.3. The van der Waals surface area contributed by atoms with Crippen LogP contribution >= 0.6 is 0 Å². The second kappa shape index (κ2) is 8.02. The van der Waals surface area contributed by atoms with Crippen LogP contribution in [0.1, 0.15) is 20.7 Å². The number of pyridine rings is 1. The number of ketones is 1. The minimum absolute atomic E-state index is 0.281. The van der Waals surface area contributed by atoms with Crippen molar-refractivity contribution in [2.75, 3.05) is 6.61 Å². The first-order chi connectivity index (χ1) is 14.1. The average molecular weight is 385 g/mol. The summed E-state index contributed by atoms with van der Waals surface area (Å²) in [4.78, 5) is 29.6. The lowest BCUT2D eigenvalue weighted by Gasteiger charge is -2.10. The summed E-state index contributed by atoms with van der Waals surface area (Å²) in [6.45, 7) is -0.356. The van der Waals surface area contributed by atoms with E-state index in [9.17, 15) is 14.0 Å². The number of halogens is 1. The molecule has 29 heavy (non-hydrogen) atoms. The molecule has 0 amide bonds. The second-order valence-electron chi connectivity index (χ2n) is 6.44. The zero-order valence-electron chi connectivity index (χ0n) is 15.3. The van der Waals surface area contributed by atoms with Crippen molar-refractivity contribution in [3.63, 3.8) is 0 Å². The van der Waals surface area contributed by atoms with Gasteiger partial charge in [-0.15, -0.1) is 0 Å². The molecule has 0 aliphatic heterocycles. The van der Waals surface area contributed by atoms with Crippen molar-refractivity contribution < 1.29 is 18.7 Å². The maximum atomic E-state index is 13.3. The van der Waals surface area contributed by atoms with Crippen LogP contribution in [-0.4, -0.2) is 23.3 Å². The van der Waals surface area contributed by atoms with Crippen LogP contribution in [0.5, 0.6) is 0 Å². The summed E-state index contributed by atoms with van der Waals surface area (Å²) in [6, 6.07) is 23.3. The van der Waals surface area contributed by atoms with E-state index in [0.717, 1.165) is 0 Å². The largest absolute Gasteiger partial charge is 0.454 e. The van der Waals surface area contributed by atoms with Crippen molar-refractivity contribution in [1.29, 1.82) is 0 Å². The summed E-state index contributed by atoms with van der Waals surface area (Å²) in [5, 5.41) is 0.621. The number of para-hydroxylation sites is 1. The summed E-state index contributed by atoms with van der Waals surface area (Å²) in [7, 11) is 0. The molecule has 5 heteroatoms. The Kier molecular flexibility index (Phi) is 5.12. The maximum absolute atomic E-state index is 13.3. The lowest BCUT2D eigenvalue weighted by Crippen LogP contribution is -2.14. The fourth-order valence-corrected chi connectivity index (χ4v) is 3.03. The Balaban J connectivity index is 1.65. The molecule has 0 saturated carbocycles. The highest BCUT2D eigenvalue weighted by Gasteiger charge is 2.17. The van der Waals surface area contributed by atoms with Crippen molar-refractivity contribution in [2.24, 2.45) is 0 Å². The third-order valence-electron chi connectivity index (χ3n) is 4.51. The zero-order chi connectivity index (χ0) is 20.2. The second-order valence-corrected chi connectivity index (χ2v) is 6.44. The molecule has 0 atom stereocenters. The van der Waals surface area contributed by atoms with Gasteiger partial charge in [0.2, 0.25) is 0 Å². The first kappa shape index (κ1) is 18.5. The number of fused-ring (bicyclic) bond motifs is 1. The van der Waals surface area contributed by atoms with E-state index in [4.69, 9.17) is 4.74 Å². The lowest BCUT2D eigenvalue weighted by molar-refractivity contribution is 0.0476. The van der Waals surface area contributed by atoms with Gasteiger partial charge in [-0.25, -0.2) is 14.2 Å². The molecule has 0 spiro atoms. The molecule has 3 aromatic carbocycles. The number of carbonyl (C=O) groups is 2. The first-order valence-electron chi connectivity index (χ1n) is 9.03. The van der Waals surface area contributed by atoms with E-state index in [1.54, 1.807) is 60.7 Å². The summed E-state index contributed by atoms with van der Waals surface area (Å²) in [5.74, 6) is -1.25. The number of hydrogen-bond acceptors (Lipinski definition) is 4. The van der Waals surface area contributed by atoms with Crippen LogP contribution in [0.25, 0.3) is 22.2 Å². The molecule has 0 bridgehead atoms. The van der Waals surface area contributed by atoms with E-state index >= 15 is 0 Å². The molecule has 0 fully saturated rings. The predicted octanol–water partition coefficient (Wildman–Crippen LogP) is 5.08. The van der Waals surface area contributed by atoms with E-state index in [-0.39, 0.29) is 18.2 Å². The fourth-order valence-electron chi connectivity index (χ4n) is 3.03. The van der Waals surface area contributed by atoms with Gasteiger partial charge in [-0.1, -0.05) is 48.5 Å². The molecule has 0 saturated heterocycles. The minimum atomic E-state index is -0.615. The Labute approximate surface area is 166 Å². The Bertz CT molecular complexity index is 1190. The monoisotopic (exact) mass is 385 g/mol.